The Morgan fingerprint density at radius 2 is 0.850 bits per heavy atom. The molecule has 0 fully saturated rings. The molecule has 0 unspecified atom stereocenters. The minimum atomic E-state index is 0.890. The van der Waals surface area contributed by atoms with Crippen molar-refractivity contribution in [3.8, 4) is 22.9 Å². The van der Waals surface area contributed by atoms with Crippen molar-refractivity contribution in [2.24, 2.45) is 0 Å². The van der Waals surface area contributed by atoms with E-state index < -0.39 is 0 Å². The first-order valence-electron chi connectivity index (χ1n) is 13.4. The van der Waals surface area contributed by atoms with Crippen LogP contribution < -0.4 is 4.74 Å². The molecule has 1 aliphatic heterocycles. The number of benzene rings is 6. The van der Waals surface area contributed by atoms with Gasteiger partial charge in [-0.1, -0.05) is 84.6 Å². The van der Waals surface area contributed by atoms with Gasteiger partial charge in [-0.3, -0.25) is 0 Å². The Labute approximate surface area is 234 Å². The molecule has 3 nitrogen and oxygen atoms in total. The van der Waals surface area contributed by atoms with Crippen molar-refractivity contribution in [2.45, 2.75) is 9.79 Å². The second kappa shape index (κ2) is 8.28. The Morgan fingerprint density at radius 1 is 0.400 bits per heavy atom. The van der Waals surface area contributed by atoms with Crippen molar-refractivity contribution in [3.63, 3.8) is 0 Å². The number of para-hydroxylation sites is 4. The summed E-state index contributed by atoms with van der Waals surface area (Å²) < 4.78 is 11.2. The van der Waals surface area contributed by atoms with E-state index in [4.69, 9.17) is 4.74 Å². The highest BCUT2D eigenvalue weighted by molar-refractivity contribution is 7.99. The van der Waals surface area contributed by atoms with Crippen LogP contribution in [0.25, 0.3) is 55.0 Å². The molecule has 0 saturated carbocycles. The van der Waals surface area contributed by atoms with Crippen molar-refractivity contribution >= 4 is 55.4 Å². The lowest BCUT2D eigenvalue weighted by Crippen LogP contribution is -2.00. The Bertz CT molecular complexity index is 2020. The van der Waals surface area contributed by atoms with Gasteiger partial charge in [0.05, 0.1) is 31.9 Å². The van der Waals surface area contributed by atoms with Crippen LogP contribution in [0.5, 0.6) is 11.5 Å². The second-order valence-corrected chi connectivity index (χ2v) is 11.3. The highest BCUT2D eigenvalue weighted by atomic mass is 32.2. The first-order valence-corrected chi connectivity index (χ1v) is 14.3. The molecule has 0 bridgehead atoms. The van der Waals surface area contributed by atoms with Crippen LogP contribution in [0.15, 0.2) is 143 Å². The summed E-state index contributed by atoms with van der Waals surface area (Å²) in [4.78, 5) is 2.24. The van der Waals surface area contributed by atoms with Crippen LogP contribution in [0.1, 0.15) is 0 Å². The van der Waals surface area contributed by atoms with Crippen molar-refractivity contribution in [3.05, 3.63) is 133 Å². The number of hydrogen-bond donors (Lipinski definition) is 0. The van der Waals surface area contributed by atoms with Crippen LogP contribution in [0.2, 0.25) is 0 Å². The van der Waals surface area contributed by atoms with Crippen LogP contribution in [0.4, 0.5) is 0 Å². The zero-order chi connectivity index (χ0) is 26.2. The Morgan fingerprint density at radius 3 is 1.38 bits per heavy atom. The third-order valence-corrected chi connectivity index (χ3v) is 9.07. The average molecular weight is 531 g/mol. The van der Waals surface area contributed by atoms with Crippen molar-refractivity contribution in [1.82, 2.24) is 9.13 Å². The Hall–Kier alpha value is -4.93. The quantitative estimate of drug-likeness (QED) is 0.221. The fraction of sp³-hybridized carbons (Fsp3) is 0. The van der Waals surface area contributed by atoms with E-state index in [1.165, 1.54) is 43.6 Å². The highest BCUT2D eigenvalue weighted by Crippen LogP contribution is 2.49. The van der Waals surface area contributed by atoms with Gasteiger partial charge in [0, 0.05) is 39.0 Å². The van der Waals surface area contributed by atoms with Crippen LogP contribution in [0.3, 0.4) is 0 Å². The zero-order valence-electron chi connectivity index (χ0n) is 21.4. The lowest BCUT2D eigenvalue weighted by molar-refractivity contribution is 0.454. The maximum atomic E-state index is 6.54. The topological polar surface area (TPSA) is 19.1 Å². The molecule has 40 heavy (non-hydrogen) atoms. The van der Waals surface area contributed by atoms with Crippen molar-refractivity contribution in [2.75, 3.05) is 0 Å². The standard InChI is InChI=1S/C36H22N2OS/c1-5-13-29-25(9-1)26-10-2-6-14-30(26)37(29)23-18-20-35-34(21-23)39-33-19-17-24(22-36(33)40-35)38-31-15-7-3-11-27(31)28-12-4-8-16-32(28)38/h1-22H. The van der Waals surface area contributed by atoms with Gasteiger partial charge >= 0.3 is 0 Å². The minimum absolute atomic E-state index is 0.890. The molecule has 8 aromatic rings. The molecule has 0 N–H and O–H groups in total. The third kappa shape index (κ3) is 3.08. The molecule has 1 aliphatic rings. The smallest absolute Gasteiger partial charge is 0.143 e. The molecule has 0 aliphatic carbocycles. The van der Waals surface area contributed by atoms with Gasteiger partial charge in [-0.15, -0.1) is 0 Å². The van der Waals surface area contributed by atoms with E-state index in [2.05, 4.69) is 143 Å². The van der Waals surface area contributed by atoms with Gasteiger partial charge in [-0.2, -0.15) is 0 Å². The van der Waals surface area contributed by atoms with Gasteiger partial charge in [0.25, 0.3) is 0 Å². The van der Waals surface area contributed by atoms with Gasteiger partial charge in [0.2, 0.25) is 0 Å². The molecule has 0 amide bonds. The lowest BCUT2D eigenvalue weighted by atomic mass is 10.2. The van der Waals surface area contributed by atoms with E-state index in [1.807, 2.05) is 0 Å². The van der Waals surface area contributed by atoms with Crippen LogP contribution in [-0.4, -0.2) is 9.13 Å². The molecular weight excluding hydrogens is 508 g/mol. The average Bonchev–Trinajstić information content (AvgIpc) is 3.53. The molecule has 0 atom stereocenters. The van der Waals surface area contributed by atoms with E-state index >= 15 is 0 Å². The number of ether oxygens (including phenoxy) is 1. The van der Waals surface area contributed by atoms with E-state index in [-0.39, 0.29) is 0 Å². The highest BCUT2D eigenvalue weighted by Gasteiger charge is 2.21. The summed E-state index contributed by atoms with van der Waals surface area (Å²) in [5, 5.41) is 5.05. The predicted molar refractivity (Wildman–Crippen MR) is 166 cm³/mol. The zero-order valence-corrected chi connectivity index (χ0v) is 22.2. The van der Waals surface area contributed by atoms with E-state index in [0.29, 0.717) is 0 Å². The van der Waals surface area contributed by atoms with Crippen molar-refractivity contribution < 1.29 is 4.74 Å². The molecule has 6 aromatic carbocycles. The van der Waals surface area contributed by atoms with Crippen LogP contribution in [-0.2, 0) is 0 Å². The fourth-order valence-electron chi connectivity index (χ4n) is 6.24. The minimum Gasteiger partial charge on any atom is -0.455 e. The second-order valence-electron chi connectivity index (χ2n) is 10.2. The lowest BCUT2D eigenvalue weighted by Gasteiger charge is -2.22. The van der Waals surface area contributed by atoms with Crippen molar-refractivity contribution in [1.29, 1.82) is 0 Å². The largest absolute Gasteiger partial charge is 0.455 e. The number of nitrogens with zero attached hydrogens (tertiary/aromatic N) is 2. The Balaban J connectivity index is 1.15. The third-order valence-electron chi connectivity index (χ3n) is 7.97. The SMILES string of the molecule is c1ccc2c(c1)c1ccccc1n2-c1ccc2c(c1)Oc1ccc(-n3c4ccccc4c4ccccc43)cc1S2. The predicted octanol–water partition coefficient (Wildman–Crippen LogP) is 10.1. The van der Waals surface area contributed by atoms with Crippen LogP contribution in [0, 0.1) is 0 Å². The molecular formula is C36H22N2OS. The maximum Gasteiger partial charge on any atom is 0.143 e. The molecule has 2 aromatic heterocycles. The summed E-state index contributed by atoms with van der Waals surface area (Å²) in [5.41, 5.74) is 7.05. The first kappa shape index (κ1) is 21.9. The summed E-state index contributed by atoms with van der Waals surface area (Å²) >= 11 is 1.77. The summed E-state index contributed by atoms with van der Waals surface area (Å²) in [5.74, 6) is 1.78. The number of hydrogen-bond acceptors (Lipinski definition) is 2. The van der Waals surface area contributed by atoms with Gasteiger partial charge in [-0.25, -0.2) is 0 Å². The molecule has 0 spiro atoms. The van der Waals surface area contributed by atoms with Gasteiger partial charge in [-0.05, 0) is 54.6 Å². The van der Waals surface area contributed by atoms with Gasteiger partial charge < -0.3 is 13.9 Å². The van der Waals surface area contributed by atoms with E-state index in [0.717, 1.165) is 32.7 Å². The maximum absolute atomic E-state index is 6.54. The summed E-state index contributed by atoms with van der Waals surface area (Å²) in [6, 6.07) is 47.5. The molecule has 0 saturated heterocycles. The molecule has 0 radical (unpaired) electrons. The number of aromatic nitrogens is 2. The van der Waals surface area contributed by atoms with E-state index in [9.17, 15) is 0 Å². The summed E-state index contributed by atoms with van der Waals surface area (Å²) in [6.45, 7) is 0. The van der Waals surface area contributed by atoms with E-state index in [1.54, 1.807) is 11.8 Å². The normalized spacial score (nSPS) is 12.6. The molecule has 9 rings (SSSR count). The number of rotatable bonds is 2. The molecule has 3 heterocycles. The summed E-state index contributed by atoms with van der Waals surface area (Å²) in [6.07, 6.45) is 0. The first-order chi connectivity index (χ1) is 19.8. The Kier molecular flexibility index (Phi) is 4.54. The molecule has 188 valence electrons. The van der Waals surface area contributed by atoms with Gasteiger partial charge in [0.1, 0.15) is 11.5 Å². The van der Waals surface area contributed by atoms with Crippen LogP contribution >= 0.6 is 11.8 Å². The monoisotopic (exact) mass is 530 g/mol. The molecule has 4 heteroatoms. The van der Waals surface area contributed by atoms with Gasteiger partial charge in [0.15, 0.2) is 0 Å². The summed E-state index contributed by atoms with van der Waals surface area (Å²) in [7, 11) is 0. The fourth-order valence-corrected chi connectivity index (χ4v) is 7.20. The number of fused-ring (bicyclic) bond motifs is 8.